The topological polar surface area (TPSA) is 79.8 Å². The molecule has 2 aromatic carbocycles. The van der Waals surface area contributed by atoms with Crippen LogP contribution in [0.2, 0.25) is 5.02 Å². The molecule has 1 aromatic heterocycles. The molecule has 2 N–H and O–H groups in total. The Labute approximate surface area is 150 Å². The number of rotatable bonds is 5. The number of hydrogen-bond acceptors (Lipinski definition) is 6. The summed E-state index contributed by atoms with van der Waals surface area (Å²) in [7, 11) is 0. The van der Waals surface area contributed by atoms with Crippen LogP contribution in [0.25, 0.3) is 0 Å². The molecule has 0 fully saturated rings. The molecular formula is C18H16ClN5O. The van der Waals surface area contributed by atoms with Gasteiger partial charge in [0.05, 0.1) is 6.20 Å². The number of nitrogens with zero attached hydrogens (tertiary/aromatic N) is 3. The van der Waals surface area contributed by atoms with Gasteiger partial charge in [-0.3, -0.25) is 4.79 Å². The second-order valence-corrected chi connectivity index (χ2v) is 5.95. The van der Waals surface area contributed by atoms with Crippen molar-refractivity contribution in [2.24, 2.45) is 0 Å². The standard InChI is InChI=1S/C18H16ClN5O/c1-11-8-14(19)6-7-16(11)22-18-23-17(10-20-24-18)21-15-5-3-4-13(9-15)12(2)25/h3-10H,1-2H3,(H2,21,22,23,24). The molecule has 0 radical (unpaired) electrons. The molecule has 0 aliphatic carbocycles. The Kier molecular flexibility index (Phi) is 4.90. The molecule has 0 saturated heterocycles. The summed E-state index contributed by atoms with van der Waals surface area (Å²) in [6, 6.07) is 12.7. The lowest BCUT2D eigenvalue weighted by molar-refractivity contribution is 0.101. The molecule has 7 heteroatoms. The minimum Gasteiger partial charge on any atom is -0.339 e. The van der Waals surface area contributed by atoms with Gasteiger partial charge in [0, 0.05) is 22.0 Å². The molecule has 0 saturated carbocycles. The highest BCUT2D eigenvalue weighted by molar-refractivity contribution is 6.30. The number of anilines is 4. The zero-order valence-corrected chi connectivity index (χ0v) is 14.5. The molecule has 0 aliphatic rings. The summed E-state index contributed by atoms with van der Waals surface area (Å²) in [4.78, 5) is 15.9. The summed E-state index contributed by atoms with van der Waals surface area (Å²) < 4.78 is 0. The van der Waals surface area contributed by atoms with E-state index in [1.54, 1.807) is 18.2 Å². The largest absolute Gasteiger partial charge is 0.339 e. The smallest absolute Gasteiger partial charge is 0.249 e. The van der Waals surface area contributed by atoms with Crippen LogP contribution in [0.3, 0.4) is 0 Å². The van der Waals surface area contributed by atoms with E-state index < -0.39 is 0 Å². The van der Waals surface area contributed by atoms with Crippen LogP contribution < -0.4 is 10.6 Å². The van der Waals surface area contributed by atoms with E-state index in [1.807, 2.05) is 31.2 Å². The third-order valence-corrected chi connectivity index (χ3v) is 3.77. The molecule has 0 spiro atoms. The Bertz CT molecular complexity index is 929. The second kappa shape index (κ2) is 7.27. The van der Waals surface area contributed by atoms with Gasteiger partial charge in [-0.05, 0) is 49.7 Å². The van der Waals surface area contributed by atoms with Crippen LogP contribution >= 0.6 is 11.6 Å². The van der Waals surface area contributed by atoms with Crippen LogP contribution in [0.5, 0.6) is 0 Å². The van der Waals surface area contributed by atoms with E-state index in [0.29, 0.717) is 22.4 Å². The van der Waals surface area contributed by atoms with Crippen molar-refractivity contribution in [2.45, 2.75) is 13.8 Å². The number of carbonyl (C=O) groups is 1. The average molecular weight is 354 g/mol. The Morgan fingerprint density at radius 3 is 2.72 bits per heavy atom. The first-order chi connectivity index (χ1) is 12.0. The highest BCUT2D eigenvalue weighted by Gasteiger charge is 2.06. The van der Waals surface area contributed by atoms with Crippen molar-refractivity contribution in [3.05, 3.63) is 64.8 Å². The summed E-state index contributed by atoms with van der Waals surface area (Å²) in [6.45, 7) is 3.47. The van der Waals surface area contributed by atoms with E-state index in [9.17, 15) is 4.79 Å². The number of hydrogen-bond donors (Lipinski definition) is 2. The van der Waals surface area contributed by atoms with Gasteiger partial charge < -0.3 is 10.6 Å². The number of ketones is 1. The normalized spacial score (nSPS) is 10.4. The van der Waals surface area contributed by atoms with Crippen molar-refractivity contribution >= 4 is 40.5 Å². The van der Waals surface area contributed by atoms with Gasteiger partial charge in [0.15, 0.2) is 11.6 Å². The number of halogens is 1. The maximum absolute atomic E-state index is 11.5. The molecular weight excluding hydrogens is 338 g/mol. The van der Waals surface area contributed by atoms with Crippen molar-refractivity contribution < 1.29 is 4.79 Å². The first-order valence-electron chi connectivity index (χ1n) is 7.62. The fourth-order valence-corrected chi connectivity index (χ4v) is 2.50. The highest BCUT2D eigenvalue weighted by atomic mass is 35.5. The maximum Gasteiger partial charge on any atom is 0.249 e. The first kappa shape index (κ1) is 16.9. The predicted molar refractivity (Wildman–Crippen MR) is 99.0 cm³/mol. The first-order valence-corrected chi connectivity index (χ1v) is 8.00. The fraction of sp³-hybridized carbons (Fsp3) is 0.111. The summed E-state index contributed by atoms with van der Waals surface area (Å²) in [5, 5.41) is 14.8. The molecule has 25 heavy (non-hydrogen) atoms. The molecule has 3 aromatic rings. The third-order valence-electron chi connectivity index (χ3n) is 3.54. The third kappa shape index (κ3) is 4.30. The Morgan fingerprint density at radius 1 is 1.12 bits per heavy atom. The number of aromatic nitrogens is 3. The number of benzene rings is 2. The average Bonchev–Trinajstić information content (AvgIpc) is 2.58. The van der Waals surface area contributed by atoms with E-state index in [0.717, 1.165) is 16.9 Å². The molecule has 6 nitrogen and oxygen atoms in total. The van der Waals surface area contributed by atoms with Gasteiger partial charge in [0.1, 0.15) is 0 Å². The quantitative estimate of drug-likeness (QED) is 0.656. The molecule has 0 atom stereocenters. The molecule has 0 aliphatic heterocycles. The van der Waals surface area contributed by atoms with Crippen LogP contribution in [-0.2, 0) is 0 Å². The SMILES string of the molecule is CC(=O)c1cccc(Nc2cnnc(Nc3ccc(Cl)cc3C)n2)c1. The minimum absolute atomic E-state index is 0.00466. The highest BCUT2D eigenvalue weighted by Crippen LogP contribution is 2.22. The monoisotopic (exact) mass is 353 g/mol. The van der Waals surface area contributed by atoms with Gasteiger partial charge >= 0.3 is 0 Å². The minimum atomic E-state index is 0.00466. The van der Waals surface area contributed by atoms with Gasteiger partial charge in [-0.2, -0.15) is 10.1 Å². The van der Waals surface area contributed by atoms with E-state index in [4.69, 9.17) is 11.6 Å². The molecule has 126 valence electrons. The van der Waals surface area contributed by atoms with Gasteiger partial charge in [-0.1, -0.05) is 23.7 Å². The van der Waals surface area contributed by atoms with Crippen LogP contribution in [0, 0.1) is 6.92 Å². The Morgan fingerprint density at radius 2 is 1.96 bits per heavy atom. The fourth-order valence-electron chi connectivity index (χ4n) is 2.27. The Balaban J connectivity index is 1.79. The second-order valence-electron chi connectivity index (χ2n) is 5.51. The van der Waals surface area contributed by atoms with Crippen molar-refractivity contribution in [2.75, 3.05) is 10.6 Å². The summed E-state index contributed by atoms with van der Waals surface area (Å²) in [5.74, 6) is 0.882. The van der Waals surface area contributed by atoms with Gasteiger partial charge in [0.25, 0.3) is 0 Å². The van der Waals surface area contributed by atoms with Gasteiger partial charge in [0.2, 0.25) is 5.95 Å². The van der Waals surface area contributed by atoms with E-state index in [1.165, 1.54) is 13.1 Å². The van der Waals surface area contributed by atoms with Crippen LogP contribution in [-0.4, -0.2) is 21.0 Å². The predicted octanol–water partition coefficient (Wildman–Crippen LogP) is 4.52. The van der Waals surface area contributed by atoms with E-state index in [2.05, 4.69) is 25.8 Å². The van der Waals surface area contributed by atoms with Crippen molar-refractivity contribution in [3.8, 4) is 0 Å². The molecule has 1 heterocycles. The zero-order valence-electron chi connectivity index (χ0n) is 13.7. The molecule has 0 amide bonds. The zero-order chi connectivity index (χ0) is 17.8. The number of nitrogens with one attached hydrogen (secondary N) is 2. The summed E-state index contributed by atoms with van der Waals surface area (Å²) in [5.41, 5.74) is 3.20. The van der Waals surface area contributed by atoms with E-state index in [-0.39, 0.29) is 5.78 Å². The van der Waals surface area contributed by atoms with Crippen molar-refractivity contribution in [1.82, 2.24) is 15.2 Å². The van der Waals surface area contributed by atoms with Crippen LogP contribution in [0.15, 0.2) is 48.7 Å². The van der Waals surface area contributed by atoms with Crippen molar-refractivity contribution in [3.63, 3.8) is 0 Å². The molecule has 3 rings (SSSR count). The number of aryl methyl sites for hydroxylation is 1. The lowest BCUT2D eigenvalue weighted by Gasteiger charge is -2.10. The summed E-state index contributed by atoms with van der Waals surface area (Å²) in [6.07, 6.45) is 1.51. The van der Waals surface area contributed by atoms with Gasteiger partial charge in [-0.15, -0.1) is 5.10 Å². The molecule has 0 bridgehead atoms. The van der Waals surface area contributed by atoms with Crippen LogP contribution in [0.1, 0.15) is 22.8 Å². The lowest BCUT2D eigenvalue weighted by atomic mass is 10.1. The number of Topliss-reactive ketones (excluding diaryl/α,β-unsaturated/α-hetero) is 1. The number of carbonyl (C=O) groups excluding carboxylic acids is 1. The van der Waals surface area contributed by atoms with Gasteiger partial charge in [-0.25, -0.2) is 0 Å². The molecule has 0 unspecified atom stereocenters. The van der Waals surface area contributed by atoms with E-state index >= 15 is 0 Å². The van der Waals surface area contributed by atoms with Crippen molar-refractivity contribution in [1.29, 1.82) is 0 Å². The maximum atomic E-state index is 11.5. The lowest BCUT2D eigenvalue weighted by Crippen LogP contribution is -2.03. The van der Waals surface area contributed by atoms with Crippen LogP contribution in [0.4, 0.5) is 23.1 Å². The Hall–Kier alpha value is -2.99. The summed E-state index contributed by atoms with van der Waals surface area (Å²) >= 11 is 5.97.